The summed E-state index contributed by atoms with van der Waals surface area (Å²) in [4.78, 5) is 14.9. The summed E-state index contributed by atoms with van der Waals surface area (Å²) in [7, 11) is 0. The number of carbonyl (C=O) groups excluding carboxylic acids is 1. The van der Waals surface area contributed by atoms with Crippen molar-refractivity contribution >= 4 is 11.6 Å². The minimum atomic E-state index is -0.193. The summed E-state index contributed by atoms with van der Waals surface area (Å²) in [6.07, 6.45) is 0.830. The Hall–Kier alpha value is -2.77. The molecule has 0 spiro atoms. The van der Waals surface area contributed by atoms with Gasteiger partial charge in [0.15, 0.2) is 11.5 Å². The monoisotopic (exact) mass is 398 g/mol. The summed E-state index contributed by atoms with van der Waals surface area (Å²) in [6.45, 7) is 6.21. The Bertz CT molecular complexity index is 818. The van der Waals surface area contributed by atoms with Gasteiger partial charge in [0.1, 0.15) is 12.4 Å². The standard InChI is InChI=1S/C22H26N2O5/c25-22(17-2-7-20-21(16-17)29-12-1-11-28-20)23-18-3-5-19(6-4-18)27-15-10-24-8-13-26-14-9-24/h2-7,16H,1,8-15H2,(H,23,25). The molecule has 2 aliphatic heterocycles. The molecule has 0 aromatic heterocycles. The Morgan fingerprint density at radius 2 is 1.72 bits per heavy atom. The minimum Gasteiger partial charge on any atom is -0.492 e. The first-order valence-electron chi connectivity index (χ1n) is 10.0. The fraction of sp³-hybridized carbons (Fsp3) is 0.409. The lowest BCUT2D eigenvalue weighted by Crippen LogP contribution is -2.38. The topological polar surface area (TPSA) is 69.3 Å². The molecule has 29 heavy (non-hydrogen) atoms. The van der Waals surface area contributed by atoms with E-state index in [1.165, 1.54) is 0 Å². The number of hydrogen-bond acceptors (Lipinski definition) is 6. The molecule has 2 heterocycles. The second kappa shape index (κ2) is 9.62. The Balaban J connectivity index is 1.29. The van der Waals surface area contributed by atoms with Gasteiger partial charge in [-0.25, -0.2) is 0 Å². The Morgan fingerprint density at radius 3 is 2.52 bits per heavy atom. The number of ether oxygens (including phenoxy) is 4. The number of morpholine rings is 1. The van der Waals surface area contributed by atoms with Gasteiger partial charge in [-0.1, -0.05) is 0 Å². The maximum absolute atomic E-state index is 12.6. The average molecular weight is 398 g/mol. The molecule has 0 bridgehead atoms. The lowest BCUT2D eigenvalue weighted by molar-refractivity contribution is 0.0322. The highest BCUT2D eigenvalue weighted by Crippen LogP contribution is 2.30. The summed E-state index contributed by atoms with van der Waals surface area (Å²) in [5.74, 6) is 1.88. The molecule has 1 N–H and O–H groups in total. The Labute approximate surface area is 170 Å². The number of rotatable bonds is 6. The van der Waals surface area contributed by atoms with Gasteiger partial charge in [-0.2, -0.15) is 0 Å². The van der Waals surface area contributed by atoms with Crippen LogP contribution in [0.1, 0.15) is 16.8 Å². The first-order valence-corrected chi connectivity index (χ1v) is 10.0. The van der Waals surface area contributed by atoms with E-state index in [1.54, 1.807) is 18.2 Å². The normalized spacial score (nSPS) is 16.7. The van der Waals surface area contributed by atoms with Crippen molar-refractivity contribution < 1.29 is 23.7 Å². The highest BCUT2D eigenvalue weighted by atomic mass is 16.5. The molecule has 1 amide bonds. The fourth-order valence-electron chi connectivity index (χ4n) is 3.26. The number of nitrogens with one attached hydrogen (secondary N) is 1. The highest BCUT2D eigenvalue weighted by molar-refractivity contribution is 6.04. The largest absolute Gasteiger partial charge is 0.492 e. The third kappa shape index (κ3) is 5.40. The van der Waals surface area contributed by atoms with Crippen LogP contribution < -0.4 is 19.5 Å². The van der Waals surface area contributed by atoms with Crippen molar-refractivity contribution in [1.29, 1.82) is 0 Å². The van der Waals surface area contributed by atoms with E-state index in [2.05, 4.69) is 10.2 Å². The molecule has 2 aromatic carbocycles. The summed E-state index contributed by atoms with van der Waals surface area (Å²) in [6, 6.07) is 12.6. The van der Waals surface area contributed by atoms with Crippen molar-refractivity contribution in [1.82, 2.24) is 4.90 Å². The van der Waals surface area contributed by atoms with Crippen LogP contribution in [0.5, 0.6) is 17.2 Å². The maximum Gasteiger partial charge on any atom is 0.255 e. The van der Waals surface area contributed by atoms with Gasteiger partial charge in [0.05, 0.1) is 26.4 Å². The molecule has 0 aliphatic carbocycles. The molecule has 0 unspecified atom stereocenters. The van der Waals surface area contributed by atoms with Crippen molar-refractivity contribution in [2.45, 2.75) is 6.42 Å². The van der Waals surface area contributed by atoms with Crippen LogP contribution in [0.4, 0.5) is 5.69 Å². The molecule has 2 aromatic rings. The van der Waals surface area contributed by atoms with Gasteiger partial charge in [-0.3, -0.25) is 9.69 Å². The predicted molar refractivity (Wildman–Crippen MR) is 109 cm³/mol. The first kappa shape index (κ1) is 19.5. The SMILES string of the molecule is O=C(Nc1ccc(OCCN2CCOCC2)cc1)c1ccc2c(c1)OCCCO2. The Morgan fingerprint density at radius 1 is 0.966 bits per heavy atom. The molecule has 0 radical (unpaired) electrons. The zero-order valence-corrected chi connectivity index (χ0v) is 16.4. The van der Waals surface area contributed by atoms with Crippen molar-refractivity contribution in [2.24, 2.45) is 0 Å². The zero-order valence-electron chi connectivity index (χ0n) is 16.4. The van der Waals surface area contributed by atoms with Crippen LogP contribution in [-0.2, 0) is 4.74 Å². The van der Waals surface area contributed by atoms with E-state index >= 15 is 0 Å². The quantitative estimate of drug-likeness (QED) is 0.807. The third-order valence-electron chi connectivity index (χ3n) is 4.90. The average Bonchev–Trinajstić information content (AvgIpc) is 3.00. The Kier molecular flexibility index (Phi) is 6.49. The molecule has 1 saturated heterocycles. The number of benzene rings is 2. The summed E-state index contributed by atoms with van der Waals surface area (Å²) >= 11 is 0. The van der Waals surface area contributed by atoms with Gasteiger partial charge in [-0.15, -0.1) is 0 Å². The van der Waals surface area contributed by atoms with E-state index in [1.807, 2.05) is 24.3 Å². The number of amides is 1. The molecular formula is C22H26N2O5. The lowest BCUT2D eigenvalue weighted by atomic mass is 10.2. The van der Waals surface area contributed by atoms with Crippen LogP contribution in [-0.4, -0.2) is 63.5 Å². The van der Waals surface area contributed by atoms with E-state index in [0.29, 0.717) is 42.6 Å². The van der Waals surface area contributed by atoms with Crippen molar-refractivity contribution in [2.75, 3.05) is 58.0 Å². The van der Waals surface area contributed by atoms with Gasteiger partial charge in [0.25, 0.3) is 5.91 Å². The summed E-state index contributed by atoms with van der Waals surface area (Å²) in [5.41, 5.74) is 1.24. The van der Waals surface area contributed by atoms with Crippen molar-refractivity contribution in [3.8, 4) is 17.2 Å². The van der Waals surface area contributed by atoms with Crippen LogP contribution in [0.15, 0.2) is 42.5 Å². The van der Waals surface area contributed by atoms with Crippen molar-refractivity contribution in [3.05, 3.63) is 48.0 Å². The molecule has 0 saturated carbocycles. The molecule has 1 fully saturated rings. The zero-order chi connectivity index (χ0) is 19.9. The molecule has 2 aliphatic rings. The number of hydrogen-bond donors (Lipinski definition) is 1. The van der Waals surface area contributed by atoms with Crippen LogP contribution >= 0.6 is 0 Å². The number of carbonyl (C=O) groups is 1. The molecule has 7 nitrogen and oxygen atoms in total. The second-order valence-electron chi connectivity index (χ2n) is 6.99. The van der Waals surface area contributed by atoms with Gasteiger partial charge in [0, 0.05) is 37.3 Å². The van der Waals surface area contributed by atoms with E-state index in [9.17, 15) is 4.79 Å². The van der Waals surface area contributed by atoms with Gasteiger partial charge >= 0.3 is 0 Å². The van der Waals surface area contributed by atoms with Gasteiger partial charge in [-0.05, 0) is 42.5 Å². The maximum atomic E-state index is 12.6. The lowest BCUT2D eigenvalue weighted by Gasteiger charge is -2.26. The van der Waals surface area contributed by atoms with Crippen molar-refractivity contribution in [3.63, 3.8) is 0 Å². The van der Waals surface area contributed by atoms with E-state index in [4.69, 9.17) is 18.9 Å². The predicted octanol–water partition coefficient (Wildman–Crippen LogP) is 2.81. The summed E-state index contributed by atoms with van der Waals surface area (Å²) < 4.78 is 22.4. The highest BCUT2D eigenvalue weighted by Gasteiger charge is 2.14. The fourth-order valence-corrected chi connectivity index (χ4v) is 3.26. The van der Waals surface area contributed by atoms with Gasteiger partial charge < -0.3 is 24.3 Å². The van der Waals surface area contributed by atoms with Gasteiger partial charge in [0.2, 0.25) is 0 Å². The number of anilines is 1. The number of fused-ring (bicyclic) bond motifs is 1. The summed E-state index contributed by atoms with van der Waals surface area (Å²) in [5, 5.41) is 2.90. The molecule has 7 heteroatoms. The second-order valence-corrected chi connectivity index (χ2v) is 6.99. The van der Waals surface area contributed by atoms with E-state index in [-0.39, 0.29) is 5.91 Å². The van der Waals surface area contributed by atoms with Crippen LogP contribution in [0, 0.1) is 0 Å². The van der Waals surface area contributed by atoms with Crippen LogP contribution in [0.2, 0.25) is 0 Å². The smallest absolute Gasteiger partial charge is 0.255 e. The van der Waals surface area contributed by atoms with E-state index < -0.39 is 0 Å². The molecule has 154 valence electrons. The van der Waals surface area contributed by atoms with E-state index in [0.717, 1.165) is 45.0 Å². The first-order chi connectivity index (χ1) is 14.3. The third-order valence-corrected chi connectivity index (χ3v) is 4.90. The molecule has 0 atom stereocenters. The minimum absolute atomic E-state index is 0.193. The number of nitrogens with zero attached hydrogens (tertiary/aromatic N) is 1. The van der Waals surface area contributed by atoms with Crippen LogP contribution in [0.3, 0.4) is 0 Å². The molecular weight excluding hydrogens is 372 g/mol. The van der Waals surface area contributed by atoms with Crippen LogP contribution in [0.25, 0.3) is 0 Å². The molecule has 4 rings (SSSR count).